The average molecular weight is 569 g/mol. The Morgan fingerprint density at radius 3 is 2.25 bits per heavy atom. The highest BCUT2D eigenvalue weighted by molar-refractivity contribution is 9.10. The first kappa shape index (κ1) is 27.0. The number of benzene rings is 3. The molecular weight excluding hydrogens is 548 g/mol. The predicted octanol–water partition coefficient (Wildman–Crippen LogP) is 6.09. The molecule has 6 nitrogen and oxygen atoms in total. The lowest BCUT2D eigenvalue weighted by Gasteiger charge is -2.22. The Morgan fingerprint density at radius 2 is 1.67 bits per heavy atom. The van der Waals surface area contributed by atoms with E-state index in [9.17, 15) is 27.2 Å². The Morgan fingerprint density at radius 1 is 1.00 bits per heavy atom. The number of rotatable bonds is 10. The molecule has 0 saturated heterocycles. The molecule has 190 valence electrons. The molecule has 0 fully saturated rings. The number of anilines is 1. The van der Waals surface area contributed by atoms with Crippen LogP contribution in [0.15, 0.2) is 71.2 Å². The molecule has 0 heterocycles. The van der Waals surface area contributed by atoms with Crippen molar-refractivity contribution in [1.82, 2.24) is 5.32 Å². The first-order valence-electron chi connectivity index (χ1n) is 10.7. The van der Waals surface area contributed by atoms with Gasteiger partial charge in [0.25, 0.3) is 5.91 Å². The maximum absolute atomic E-state index is 14.5. The summed E-state index contributed by atoms with van der Waals surface area (Å²) < 4.78 is 56.6. The SMILES string of the molecule is O=C(O)CCNC(=O)c1ccc(NC(Cc2ccc(Br)cc2F)c2ccc(OC(F)(F)F)cc2)cc1. The van der Waals surface area contributed by atoms with Crippen LogP contribution in [0.25, 0.3) is 0 Å². The van der Waals surface area contributed by atoms with E-state index in [2.05, 4.69) is 31.3 Å². The van der Waals surface area contributed by atoms with E-state index in [0.29, 0.717) is 26.9 Å². The molecule has 3 N–H and O–H groups in total. The summed E-state index contributed by atoms with van der Waals surface area (Å²) in [5, 5.41) is 14.4. The van der Waals surface area contributed by atoms with Crippen molar-refractivity contribution in [2.45, 2.75) is 25.2 Å². The molecule has 1 atom stereocenters. The number of halogens is 5. The molecule has 1 unspecified atom stereocenters. The third-order valence-electron chi connectivity index (χ3n) is 5.07. The Balaban J connectivity index is 1.79. The van der Waals surface area contributed by atoms with E-state index in [1.165, 1.54) is 42.5 Å². The van der Waals surface area contributed by atoms with Crippen LogP contribution in [-0.2, 0) is 11.2 Å². The lowest BCUT2D eigenvalue weighted by molar-refractivity contribution is -0.274. The minimum absolute atomic E-state index is 0.0109. The molecule has 0 aromatic heterocycles. The maximum Gasteiger partial charge on any atom is 0.573 e. The Bertz CT molecular complexity index is 1200. The summed E-state index contributed by atoms with van der Waals surface area (Å²) in [6, 6.07) is 15.7. The van der Waals surface area contributed by atoms with Gasteiger partial charge in [0.2, 0.25) is 0 Å². The summed E-state index contributed by atoms with van der Waals surface area (Å²) in [6.07, 6.45) is -4.84. The molecule has 0 radical (unpaired) electrons. The summed E-state index contributed by atoms with van der Waals surface area (Å²) in [4.78, 5) is 22.7. The van der Waals surface area contributed by atoms with E-state index in [1.807, 2.05) is 0 Å². The van der Waals surface area contributed by atoms with E-state index in [0.717, 1.165) is 0 Å². The van der Waals surface area contributed by atoms with Gasteiger partial charge in [0, 0.05) is 22.3 Å². The van der Waals surface area contributed by atoms with Crippen molar-refractivity contribution < 1.29 is 37.0 Å². The van der Waals surface area contributed by atoms with Crippen molar-refractivity contribution in [1.29, 1.82) is 0 Å². The van der Waals surface area contributed by atoms with Gasteiger partial charge in [-0.05, 0) is 66.1 Å². The minimum atomic E-state index is -4.82. The second kappa shape index (κ2) is 11.9. The van der Waals surface area contributed by atoms with Crippen LogP contribution in [0.4, 0.5) is 23.2 Å². The molecule has 0 saturated carbocycles. The summed E-state index contributed by atoms with van der Waals surface area (Å²) in [6.45, 7) is -0.0109. The molecule has 1 amide bonds. The summed E-state index contributed by atoms with van der Waals surface area (Å²) >= 11 is 3.21. The number of carbonyl (C=O) groups excluding carboxylic acids is 1. The van der Waals surface area contributed by atoms with Gasteiger partial charge in [-0.15, -0.1) is 13.2 Å². The number of carboxylic acids is 1. The number of ether oxygens (including phenoxy) is 1. The first-order valence-corrected chi connectivity index (χ1v) is 11.5. The second-order valence-electron chi connectivity index (χ2n) is 7.73. The molecule has 0 aliphatic carbocycles. The minimum Gasteiger partial charge on any atom is -0.481 e. The molecule has 0 aliphatic heterocycles. The summed E-state index contributed by atoms with van der Waals surface area (Å²) in [7, 11) is 0. The van der Waals surface area contributed by atoms with Crippen LogP contribution < -0.4 is 15.4 Å². The van der Waals surface area contributed by atoms with Crippen molar-refractivity contribution in [3.63, 3.8) is 0 Å². The number of carbonyl (C=O) groups is 2. The van der Waals surface area contributed by atoms with E-state index in [1.54, 1.807) is 24.3 Å². The standard InChI is InChI=1S/C25H21BrF4N2O4/c26-18-6-1-17(21(27)14-18)13-22(15-4-9-20(10-5-15)36-25(28,29)30)32-19-7-2-16(3-8-19)24(35)31-12-11-23(33)34/h1-10,14,22,32H,11-13H2,(H,31,35)(H,33,34). The number of alkyl halides is 3. The summed E-state index contributed by atoms with van der Waals surface area (Å²) in [5.74, 6) is -2.28. The zero-order valence-electron chi connectivity index (χ0n) is 18.6. The van der Waals surface area contributed by atoms with E-state index in [4.69, 9.17) is 5.11 Å². The zero-order valence-corrected chi connectivity index (χ0v) is 20.2. The lowest BCUT2D eigenvalue weighted by Crippen LogP contribution is -2.25. The van der Waals surface area contributed by atoms with Crippen LogP contribution >= 0.6 is 15.9 Å². The van der Waals surface area contributed by atoms with Crippen LogP contribution in [0, 0.1) is 5.82 Å². The smallest absolute Gasteiger partial charge is 0.481 e. The van der Waals surface area contributed by atoms with E-state index in [-0.39, 0.29) is 25.1 Å². The fourth-order valence-corrected chi connectivity index (χ4v) is 3.70. The number of aliphatic carboxylic acids is 1. The average Bonchev–Trinajstić information content (AvgIpc) is 2.80. The van der Waals surface area contributed by atoms with Gasteiger partial charge < -0.3 is 20.5 Å². The maximum atomic E-state index is 14.5. The third-order valence-corrected chi connectivity index (χ3v) is 5.56. The van der Waals surface area contributed by atoms with Crippen LogP contribution in [0.1, 0.15) is 33.9 Å². The van der Waals surface area contributed by atoms with E-state index >= 15 is 0 Å². The van der Waals surface area contributed by atoms with Crippen molar-refractivity contribution in [2.24, 2.45) is 0 Å². The van der Waals surface area contributed by atoms with Crippen LogP contribution in [0.3, 0.4) is 0 Å². The van der Waals surface area contributed by atoms with Crippen LogP contribution in [0.2, 0.25) is 0 Å². The van der Waals surface area contributed by atoms with Gasteiger partial charge in [0.15, 0.2) is 0 Å². The second-order valence-corrected chi connectivity index (χ2v) is 8.65. The molecule has 3 aromatic rings. The van der Waals surface area contributed by atoms with Gasteiger partial charge in [0.05, 0.1) is 12.5 Å². The molecule has 0 bridgehead atoms. The van der Waals surface area contributed by atoms with Gasteiger partial charge in [-0.1, -0.05) is 34.1 Å². The van der Waals surface area contributed by atoms with Gasteiger partial charge in [-0.25, -0.2) is 4.39 Å². The predicted molar refractivity (Wildman–Crippen MR) is 128 cm³/mol. The topological polar surface area (TPSA) is 87.7 Å². The zero-order chi connectivity index (χ0) is 26.3. The number of hydrogen-bond acceptors (Lipinski definition) is 4. The molecule has 3 rings (SSSR count). The van der Waals surface area contributed by atoms with Gasteiger partial charge in [0.1, 0.15) is 11.6 Å². The Labute approximate surface area is 212 Å². The van der Waals surface area contributed by atoms with Crippen molar-refractivity contribution in [3.05, 3.63) is 93.7 Å². The number of hydrogen-bond donors (Lipinski definition) is 3. The lowest BCUT2D eigenvalue weighted by atomic mass is 9.98. The number of carboxylic acid groups (broad SMARTS) is 1. The molecule has 3 aromatic carbocycles. The third kappa shape index (κ3) is 8.26. The van der Waals surface area contributed by atoms with Gasteiger partial charge >= 0.3 is 12.3 Å². The molecule has 0 aliphatic rings. The fraction of sp³-hybridized carbons (Fsp3) is 0.200. The quantitative estimate of drug-likeness (QED) is 0.258. The van der Waals surface area contributed by atoms with Gasteiger partial charge in [-0.3, -0.25) is 9.59 Å². The largest absolute Gasteiger partial charge is 0.573 e. The fourth-order valence-electron chi connectivity index (χ4n) is 3.37. The molecular formula is C25H21BrF4N2O4. The van der Waals surface area contributed by atoms with Crippen molar-refractivity contribution in [2.75, 3.05) is 11.9 Å². The molecule has 36 heavy (non-hydrogen) atoms. The van der Waals surface area contributed by atoms with E-state index < -0.39 is 30.1 Å². The molecule has 11 heteroatoms. The van der Waals surface area contributed by atoms with Crippen molar-refractivity contribution in [3.8, 4) is 5.75 Å². The highest BCUT2D eigenvalue weighted by Crippen LogP contribution is 2.29. The van der Waals surface area contributed by atoms with Crippen LogP contribution in [-0.4, -0.2) is 29.9 Å². The Kier molecular flexibility index (Phi) is 8.92. The van der Waals surface area contributed by atoms with Crippen molar-refractivity contribution >= 4 is 33.5 Å². The molecule has 0 spiro atoms. The number of amides is 1. The highest BCUT2D eigenvalue weighted by atomic mass is 79.9. The number of nitrogens with one attached hydrogen (secondary N) is 2. The van der Waals surface area contributed by atoms with Gasteiger partial charge in [-0.2, -0.15) is 0 Å². The normalized spacial score (nSPS) is 12.0. The Hall–Kier alpha value is -3.60. The monoisotopic (exact) mass is 568 g/mol. The first-order chi connectivity index (χ1) is 17.0. The highest BCUT2D eigenvalue weighted by Gasteiger charge is 2.31. The summed E-state index contributed by atoms with van der Waals surface area (Å²) in [5.41, 5.74) is 1.87. The van der Waals surface area contributed by atoms with Crippen LogP contribution in [0.5, 0.6) is 5.75 Å².